The summed E-state index contributed by atoms with van der Waals surface area (Å²) in [4.78, 5) is 4.78. The molecule has 1 heterocycles. The molecule has 0 bridgehead atoms. The summed E-state index contributed by atoms with van der Waals surface area (Å²) in [6.45, 7) is 3.19. The van der Waals surface area contributed by atoms with Crippen molar-refractivity contribution in [1.29, 1.82) is 0 Å². The van der Waals surface area contributed by atoms with Crippen molar-refractivity contribution in [2.45, 2.75) is 26.3 Å². The fourth-order valence-corrected chi connectivity index (χ4v) is 2.62. The molecule has 0 atom stereocenters. The lowest BCUT2D eigenvalue weighted by Gasteiger charge is -2.08. The molecular weight excluding hydrogens is 268 g/mol. The number of hydrogen-bond acceptors (Lipinski definition) is 1. The van der Waals surface area contributed by atoms with Crippen molar-refractivity contribution in [2.75, 3.05) is 0 Å². The number of fused-ring (bicyclic) bond motifs is 1. The summed E-state index contributed by atoms with van der Waals surface area (Å²) in [6.07, 6.45) is 2.31. The number of aryl methyl sites for hydroxylation is 1. The molecule has 2 aromatic carbocycles. The number of rotatable bonds is 4. The molecule has 0 N–H and O–H groups in total. The van der Waals surface area contributed by atoms with Crippen LogP contribution in [0.2, 0.25) is 5.02 Å². The highest BCUT2D eigenvalue weighted by Crippen LogP contribution is 2.27. The maximum Gasteiger partial charge on any atom is 0.141 e. The normalized spacial score (nSPS) is 11.1. The molecule has 1 aromatic heterocycles. The van der Waals surface area contributed by atoms with Gasteiger partial charge in [0.25, 0.3) is 0 Å². The van der Waals surface area contributed by atoms with E-state index in [4.69, 9.17) is 16.6 Å². The minimum atomic E-state index is 0.734. The topological polar surface area (TPSA) is 17.8 Å². The molecule has 0 unspecified atom stereocenters. The number of benzene rings is 2. The van der Waals surface area contributed by atoms with E-state index in [2.05, 4.69) is 29.7 Å². The fraction of sp³-hybridized carbons (Fsp3) is 0.235. The SMILES string of the molecule is CCCCn1c(-c2ccccc2)nc2cc(Cl)ccc21. The van der Waals surface area contributed by atoms with Gasteiger partial charge < -0.3 is 4.57 Å². The lowest BCUT2D eigenvalue weighted by molar-refractivity contribution is 0.651. The zero-order valence-corrected chi connectivity index (χ0v) is 12.3. The molecule has 0 spiro atoms. The molecule has 102 valence electrons. The van der Waals surface area contributed by atoms with Crippen LogP contribution in [0, 0.1) is 0 Å². The highest BCUT2D eigenvalue weighted by Gasteiger charge is 2.12. The lowest BCUT2D eigenvalue weighted by Crippen LogP contribution is -2.00. The van der Waals surface area contributed by atoms with Crippen LogP contribution in [-0.4, -0.2) is 9.55 Å². The van der Waals surface area contributed by atoms with Gasteiger partial charge in [0.05, 0.1) is 11.0 Å². The molecule has 0 aliphatic rings. The Morgan fingerprint density at radius 2 is 1.90 bits per heavy atom. The minimum absolute atomic E-state index is 0.734. The van der Waals surface area contributed by atoms with Crippen molar-refractivity contribution in [1.82, 2.24) is 9.55 Å². The Bertz CT molecular complexity index is 716. The Labute approximate surface area is 124 Å². The number of nitrogens with zero attached hydrogens (tertiary/aromatic N) is 2. The van der Waals surface area contributed by atoms with Crippen LogP contribution in [0.15, 0.2) is 48.5 Å². The van der Waals surface area contributed by atoms with Crippen LogP contribution >= 0.6 is 11.6 Å². The van der Waals surface area contributed by atoms with E-state index < -0.39 is 0 Å². The molecule has 3 aromatic rings. The molecule has 3 heteroatoms. The first kappa shape index (κ1) is 13.2. The average Bonchev–Trinajstić information content (AvgIpc) is 2.83. The smallest absolute Gasteiger partial charge is 0.141 e. The minimum Gasteiger partial charge on any atom is -0.324 e. The highest BCUT2D eigenvalue weighted by molar-refractivity contribution is 6.31. The van der Waals surface area contributed by atoms with Gasteiger partial charge in [-0.15, -0.1) is 0 Å². The lowest BCUT2D eigenvalue weighted by atomic mass is 10.2. The number of hydrogen-bond donors (Lipinski definition) is 0. The molecule has 0 saturated carbocycles. The van der Waals surface area contributed by atoms with E-state index in [-0.39, 0.29) is 0 Å². The van der Waals surface area contributed by atoms with Crippen molar-refractivity contribution in [3.05, 3.63) is 53.6 Å². The van der Waals surface area contributed by atoms with Crippen LogP contribution in [0.4, 0.5) is 0 Å². The Kier molecular flexibility index (Phi) is 3.75. The van der Waals surface area contributed by atoms with E-state index in [1.165, 1.54) is 6.42 Å². The quantitative estimate of drug-likeness (QED) is 0.647. The second-order valence-electron chi connectivity index (χ2n) is 4.94. The molecule has 3 rings (SSSR count). The summed E-state index contributed by atoms with van der Waals surface area (Å²) in [5, 5.41) is 0.734. The van der Waals surface area contributed by atoms with Crippen molar-refractivity contribution in [3.63, 3.8) is 0 Å². The second kappa shape index (κ2) is 5.68. The highest BCUT2D eigenvalue weighted by atomic mass is 35.5. The van der Waals surface area contributed by atoms with E-state index in [0.29, 0.717) is 0 Å². The third-order valence-electron chi connectivity index (χ3n) is 3.48. The van der Waals surface area contributed by atoms with Crippen LogP contribution < -0.4 is 0 Å². The van der Waals surface area contributed by atoms with Gasteiger partial charge in [0.1, 0.15) is 5.82 Å². The molecule has 20 heavy (non-hydrogen) atoms. The van der Waals surface area contributed by atoms with Gasteiger partial charge in [-0.1, -0.05) is 55.3 Å². The Hall–Kier alpha value is -1.80. The van der Waals surface area contributed by atoms with Gasteiger partial charge in [-0.2, -0.15) is 0 Å². The maximum atomic E-state index is 6.08. The van der Waals surface area contributed by atoms with Gasteiger partial charge in [-0.3, -0.25) is 0 Å². The average molecular weight is 285 g/mol. The molecule has 0 radical (unpaired) electrons. The molecular formula is C17H17ClN2. The van der Waals surface area contributed by atoms with Crippen LogP contribution in [0.5, 0.6) is 0 Å². The van der Waals surface area contributed by atoms with Gasteiger partial charge in [-0.05, 0) is 24.6 Å². The standard InChI is InChI=1S/C17H17ClN2/c1-2-3-11-20-16-10-9-14(18)12-15(16)19-17(20)13-7-5-4-6-8-13/h4-10,12H,2-3,11H2,1H3. The Balaban J connectivity index is 2.19. The summed E-state index contributed by atoms with van der Waals surface area (Å²) < 4.78 is 2.30. The predicted octanol–water partition coefficient (Wildman–Crippen LogP) is 5.16. The first-order chi connectivity index (χ1) is 9.79. The summed E-state index contributed by atoms with van der Waals surface area (Å²) in [6, 6.07) is 16.3. The van der Waals surface area contributed by atoms with Gasteiger partial charge in [0, 0.05) is 17.1 Å². The van der Waals surface area contributed by atoms with Crippen molar-refractivity contribution >= 4 is 22.6 Å². The summed E-state index contributed by atoms with van der Waals surface area (Å²) in [5.41, 5.74) is 3.27. The largest absolute Gasteiger partial charge is 0.324 e. The van der Waals surface area contributed by atoms with Gasteiger partial charge in [0.15, 0.2) is 0 Å². The molecule has 2 nitrogen and oxygen atoms in total. The number of unbranched alkanes of at least 4 members (excludes halogenated alkanes) is 1. The maximum absolute atomic E-state index is 6.08. The second-order valence-corrected chi connectivity index (χ2v) is 5.38. The van der Waals surface area contributed by atoms with Crippen LogP contribution in [-0.2, 0) is 6.54 Å². The third kappa shape index (κ3) is 2.44. The summed E-state index contributed by atoms with van der Waals surface area (Å²) in [5.74, 6) is 1.02. The monoisotopic (exact) mass is 284 g/mol. The first-order valence-electron chi connectivity index (χ1n) is 7.01. The molecule has 0 saturated heterocycles. The zero-order chi connectivity index (χ0) is 13.9. The number of aromatic nitrogens is 2. The molecule has 0 amide bonds. The number of imidazole rings is 1. The molecule has 0 aliphatic carbocycles. The van der Waals surface area contributed by atoms with E-state index in [1.54, 1.807) is 0 Å². The van der Waals surface area contributed by atoms with E-state index >= 15 is 0 Å². The van der Waals surface area contributed by atoms with E-state index in [0.717, 1.165) is 40.4 Å². The Morgan fingerprint density at radius 3 is 2.65 bits per heavy atom. The molecule has 0 aliphatic heterocycles. The van der Waals surface area contributed by atoms with Crippen molar-refractivity contribution in [3.8, 4) is 11.4 Å². The fourth-order valence-electron chi connectivity index (χ4n) is 2.45. The zero-order valence-electron chi connectivity index (χ0n) is 11.5. The van der Waals surface area contributed by atoms with Gasteiger partial charge >= 0.3 is 0 Å². The summed E-state index contributed by atoms with van der Waals surface area (Å²) >= 11 is 6.08. The van der Waals surface area contributed by atoms with Crippen molar-refractivity contribution in [2.24, 2.45) is 0 Å². The third-order valence-corrected chi connectivity index (χ3v) is 3.71. The molecule has 0 fully saturated rings. The van der Waals surface area contributed by atoms with Gasteiger partial charge in [0.2, 0.25) is 0 Å². The van der Waals surface area contributed by atoms with E-state index in [9.17, 15) is 0 Å². The van der Waals surface area contributed by atoms with Gasteiger partial charge in [-0.25, -0.2) is 4.98 Å². The van der Waals surface area contributed by atoms with Crippen LogP contribution in [0.3, 0.4) is 0 Å². The predicted molar refractivity (Wildman–Crippen MR) is 85.1 cm³/mol. The number of halogens is 1. The summed E-state index contributed by atoms with van der Waals surface area (Å²) in [7, 11) is 0. The Morgan fingerprint density at radius 1 is 1.10 bits per heavy atom. The first-order valence-corrected chi connectivity index (χ1v) is 7.38. The van der Waals surface area contributed by atoms with Crippen molar-refractivity contribution < 1.29 is 0 Å². The van der Waals surface area contributed by atoms with E-state index in [1.807, 2.05) is 30.3 Å². The van der Waals surface area contributed by atoms with Crippen LogP contribution in [0.1, 0.15) is 19.8 Å². The van der Waals surface area contributed by atoms with Crippen LogP contribution in [0.25, 0.3) is 22.4 Å².